The lowest BCUT2D eigenvalue weighted by Crippen LogP contribution is -2.51. The van der Waals surface area contributed by atoms with E-state index >= 15 is 0 Å². The Balaban J connectivity index is 1.24. The second kappa shape index (κ2) is 10.7. The quantitative estimate of drug-likeness (QED) is 0.601. The first-order valence-electron chi connectivity index (χ1n) is 10.9. The average molecular weight is 448 g/mol. The lowest BCUT2D eigenvalue weighted by atomic mass is 10.0. The number of halogens is 1. The Labute approximate surface area is 192 Å². The summed E-state index contributed by atoms with van der Waals surface area (Å²) in [4.78, 5) is 28.9. The second-order valence-electron chi connectivity index (χ2n) is 7.86. The highest BCUT2D eigenvalue weighted by molar-refractivity contribution is 5.96. The van der Waals surface area contributed by atoms with Crippen LogP contribution >= 0.6 is 0 Å². The Morgan fingerprint density at radius 1 is 0.848 bits per heavy atom. The van der Waals surface area contributed by atoms with Crippen LogP contribution in [0.1, 0.15) is 0 Å². The van der Waals surface area contributed by atoms with Crippen LogP contribution in [0.4, 0.5) is 10.1 Å². The summed E-state index contributed by atoms with van der Waals surface area (Å²) in [6.07, 6.45) is 0. The molecule has 4 rings (SSSR count). The Hall–Kier alpha value is -3.71. The molecule has 2 amide bonds. The highest BCUT2D eigenvalue weighted by atomic mass is 19.1. The van der Waals surface area contributed by atoms with Gasteiger partial charge >= 0.3 is 0 Å². The van der Waals surface area contributed by atoms with E-state index in [1.54, 1.807) is 4.90 Å². The average Bonchev–Trinajstić information content (AvgIpc) is 2.85. The van der Waals surface area contributed by atoms with Gasteiger partial charge in [-0.05, 0) is 35.9 Å². The second-order valence-corrected chi connectivity index (χ2v) is 7.86. The maximum atomic E-state index is 13.0. The molecular formula is C26H26FN3O3. The number of nitrogens with zero attached hydrogens (tertiary/aromatic N) is 2. The zero-order chi connectivity index (χ0) is 23.0. The van der Waals surface area contributed by atoms with Crippen molar-refractivity contribution < 1.29 is 18.7 Å². The normalized spacial score (nSPS) is 14.0. The first kappa shape index (κ1) is 22.5. The first-order valence-corrected chi connectivity index (χ1v) is 10.9. The standard InChI is InChI=1S/C26H26FN3O3/c27-21-10-12-22(13-11-21)33-19-26(32)30-16-14-29(15-17-30)18-25(31)28-24-9-5-4-8-23(24)20-6-2-1-3-7-20/h1-13H,14-19H2,(H,28,31). The fraction of sp³-hybridized carbons (Fsp3) is 0.231. The summed E-state index contributed by atoms with van der Waals surface area (Å²) in [6.45, 7) is 2.44. The fourth-order valence-corrected chi connectivity index (χ4v) is 3.78. The van der Waals surface area contributed by atoms with Gasteiger partial charge in [-0.2, -0.15) is 0 Å². The van der Waals surface area contributed by atoms with Crippen molar-refractivity contribution in [2.24, 2.45) is 0 Å². The summed E-state index contributed by atoms with van der Waals surface area (Å²) in [5.41, 5.74) is 2.80. The molecule has 1 N–H and O–H groups in total. The number of anilines is 1. The van der Waals surface area contributed by atoms with Crippen molar-refractivity contribution in [2.45, 2.75) is 0 Å². The zero-order valence-electron chi connectivity index (χ0n) is 18.2. The molecule has 1 fully saturated rings. The Morgan fingerprint density at radius 3 is 2.24 bits per heavy atom. The van der Waals surface area contributed by atoms with Gasteiger partial charge in [0, 0.05) is 37.4 Å². The Kier molecular flexibility index (Phi) is 7.32. The smallest absolute Gasteiger partial charge is 0.260 e. The van der Waals surface area contributed by atoms with Crippen molar-refractivity contribution in [1.29, 1.82) is 0 Å². The highest BCUT2D eigenvalue weighted by Crippen LogP contribution is 2.27. The molecule has 3 aromatic carbocycles. The van der Waals surface area contributed by atoms with Gasteiger partial charge in [0.15, 0.2) is 6.61 Å². The lowest BCUT2D eigenvalue weighted by Gasteiger charge is -2.34. The number of carbonyl (C=O) groups excluding carboxylic acids is 2. The van der Waals surface area contributed by atoms with Crippen LogP contribution in [0.2, 0.25) is 0 Å². The van der Waals surface area contributed by atoms with Gasteiger partial charge in [0.05, 0.1) is 6.54 Å². The molecule has 33 heavy (non-hydrogen) atoms. The number of hydrogen-bond acceptors (Lipinski definition) is 4. The van der Waals surface area contributed by atoms with Crippen molar-refractivity contribution in [1.82, 2.24) is 9.80 Å². The molecule has 0 unspecified atom stereocenters. The molecule has 0 spiro atoms. The fourth-order valence-electron chi connectivity index (χ4n) is 3.78. The van der Waals surface area contributed by atoms with Gasteiger partial charge in [0.2, 0.25) is 5.91 Å². The van der Waals surface area contributed by atoms with E-state index in [4.69, 9.17) is 4.74 Å². The van der Waals surface area contributed by atoms with Gasteiger partial charge in [-0.3, -0.25) is 14.5 Å². The van der Waals surface area contributed by atoms with Crippen molar-refractivity contribution in [3.8, 4) is 16.9 Å². The summed E-state index contributed by atoms with van der Waals surface area (Å²) in [6, 6.07) is 23.3. The number of benzene rings is 3. The van der Waals surface area contributed by atoms with Crippen LogP contribution in [-0.4, -0.2) is 60.9 Å². The van der Waals surface area contributed by atoms with Crippen LogP contribution in [0, 0.1) is 5.82 Å². The van der Waals surface area contributed by atoms with Crippen molar-refractivity contribution >= 4 is 17.5 Å². The van der Waals surface area contributed by atoms with E-state index in [-0.39, 0.29) is 30.8 Å². The van der Waals surface area contributed by atoms with Crippen molar-refractivity contribution in [3.05, 3.63) is 84.7 Å². The van der Waals surface area contributed by atoms with Crippen molar-refractivity contribution in [3.63, 3.8) is 0 Å². The van der Waals surface area contributed by atoms with Gasteiger partial charge in [0.25, 0.3) is 5.91 Å². The van der Waals surface area contributed by atoms with Crippen molar-refractivity contribution in [2.75, 3.05) is 44.6 Å². The minimum absolute atomic E-state index is 0.0854. The maximum absolute atomic E-state index is 13.0. The van der Waals surface area contributed by atoms with E-state index < -0.39 is 0 Å². The number of piperazine rings is 1. The van der Waals surface area contributed by atoms with Gasteiger partial charge in [-0.15, -0.1) is 0 Å². The third kappa shape index (κ3) is 6.17. The number of ether oxygens (including phenoxy) is 1. The summed E-state index contributed by atoms with van der Waals surface area (Å²) in [5, 5.41) is 3.02. The van der Waals surface area contributed by atoms with Crippen LogP contribution in [0.5, 0.6) is 5.75 Å². The third-order valence-electron chi connectivity index (χ3n) is 5.55. The van der Waals surface area contributed by atoms with Crippen LogP contribution < -0.4 is 10.1 Å². The molecule has 1 heterocycles. The molecule has 1 aliphatic rings. The van der Waals surface area contributed by atoms with Gasteiger partial charge in [0.1, 0.15) is 11.6 Å². The van der Waals surface area contributed by atoms with E-state index in [0.717, 1.165) is 16.8 Å². The van der Waals surface area contributed by atoms with Gasteiger partial charge in [-0.1, -0.05) is 48.5 Å². The molecule has 3 aromatic rings. The van der Waals surface area contributed by atoms with Crippen LogP contribution in [0.15, 0.2) is 78.9 Å². The molecule has 6 nitrogen and oxygen atoms in total. The van der Waals surface area contributed by atoms with Gasteiger partial charge in [-0.25, -0.2) is 4.39 Å². The minimum Gasteiger partial charge on any atom is -0.484 e. The molecule has 0 atom stereocenters. The number of nitrogens with one attached hydrogen (secondary N) is 1. The summed E-state index contributed by atoms with van der Waals surface area (Å²) in [7, 11) is 0. The van der Waals surface area contributed by atoms with E-state index in [9.17, 15) is 14.0 Å². The minimum atomic E-state index is -0.350. The highest BCUT2D eigenvalue weighted by Gasteiger charge is 2.23. The molecule has 1 aliphatic heterocycles. The number of hydrogen-bond donors (Lipinski definition) is 1. The first-order chi connectivity index (χ1) is 16.1. The summed E-state index contributed by atoms with van der Waals surface area (Å²) in [5.74, 6) is -0.105. The molecule has 0 aliphatic carbocycles. The zero-order valence-corrected chi connectivity index (χ0v) is 18.2. The molecule has 0 saturated carbocycles. The van der Waals surface area contributed by atoms with Gasteiger partial charge < -0.3 is 15.0 Å². The van der Waals surface area contributed by atoms with E-state index in [1.165, 1.54) is 24.3 Å². The third-order valence-corrected chi connectivity index (χ3v) is 5.55. The lowest BCUT2D eigenvalue weighted by molar-refractivity contribution is -0.135. The SMILES string of the molecule is O=C(CN1CCN(C(=O)COc2ccc(F)cc2)CC1)Nc1ccccc1-c1ccccc1. The largest absolute Gasteiger partial charge is 0.484 e. The maximum Gasteiger partial charge on any atom is 0.260 e. The number of rotatable bonds is 7. The summed E-state index contributed by atoms with van der Waals surface area (Å²) >= 11 is 0. The molecule has 0 radical (unpaired) electrons. The predicted molar refractivity (Wildman–Crippen MR) is 125 cm³/mol. The molecule has 1 saturated heterocycles. The predicted octanol–water partition coefficient (Wildman–Crippen LogP) is 3.65. The molecule has 0 aromatic heterocycles. The number of carbonyl (C=O) groups is 2. The van der Waals surface area contributed by atoms with Crippen LogP contribution in [-0.2, 0) is 9.59 Å². The Morgan fingerprint density at radius 2 is 1.52 bits per heavy atom. The monoisotopic (exact) mass is 447 g/mol. The van der Waals surface area contributed by atoms with E-state index in [2.05, 4.69) is 5.32 Å². The summed E-state index contributed by atoms with van der Waals surface area (Å²) < 4.78 is 18.4. The number of amides is 2. The molecule has 0 bridgehead atoms. The topological polar surface area (TPSA) is 61.9 Å². The van der Waals surface area contributed by atoms with E-state index in [1.807, 2.05) is 59.5 Å². The Bertz CT molecular complexity index is 1080. The molecule has 170 valence electrons. The number of para-hydroxylation sites is 1. The molecule has 7 heteroatoms. The van der Waals surface area contributed by atoms with E-state index in [0.29, 0.717) is 31.9 Å². The molecular weight excluding hydrogens is 421 g/mol. The van der Waals surface area contributed by atoms with Crippen LogP contribution in [0.3, 0.4) is 0 Å². The van der Waals surface area contributed by atoms with Crippen LogP contribution in [0.25, 0.3) is 11.1 Å².